The number of benzene rings is 2. The third-order valence-corrected chi connectivity index (χ3v) is 4.30. The molecule has 2 aromatic carbocycles. The lowest BCUT2D eigenvalue weighted by molar-refractivity contribution is 0.880. The monoisotopic (exact) mass is 373 g/mol. The number of anilines is 1. The number of imidazole rings is 1. The smallest absolute Gasteiger partial charge is 0.0923 e. The normalized spacial score (nSPS) is 12.5. The minimum absolute atomic E-state index is 0. The molecule has 5 heteroatoms. The van der Waals surface area contributed by atoms with Crippen LogP contribution in [0.4, 0.5) is 5.69 Å². The molecule has 1 aliphatic heterocycles. The molecule has 0 bridgehead atoms. The van der Waals surface area contributed by atoms with E-state index in [9.17, 15) is 0 Å². The zero-order chi connectivity index (χ0) is 15.5. The number of allylic oxidation sites excluding steroid dienone is 1. The third-order valence-electron chi connectivity index (χ3n) is 4.30. The molecule has 25 heavy (non-hydrogen) atoms. The molecule has 0 radical (unpaired) electrons. The fraction of sp³-hybridized carbons (Fsp3) is 0.150. The number of H-pyrrole nitrogens is 1. The molecule has 0 fully saturated rings. The Morgan fingerprint density at radius 1 is 0.960 bits per heavy atom. The van der Waals surface area contributed by atoms with Crippen LogP contribution >= 0.6 is 24.8 Å². The van der Waals surface area contributed by atoms with Gasteiger partial charge in [0.2, 0.25) is 0 Å². The number of para-hydroxylation sites is 1. The Morgan fingerprint density at radius 2 is 1.72 bits per heavy atom. The van der Waals surface area contributed by atoms with Crippen molar-refractivity contribution in [3.8, 4) is 0 Å². The Kier molecular flexibility index (Phi) is 6.68. The average molecular weight is 374 g/mol. The lowest BCUT2D eigenvalue weighted by Crippen LogP contribution is -2.27. The Bertz CT molecular complexity index is 814. The van der Waals surface area contributed by atoms with Gasteiger partial charge in [-0.1, -0.05) is 54.6 Å². The molecular weight excluding hydrogens is 353 g/mol. The van der Waals surface area contributed by atoms with Crippen molar-refractivity contribution in [2.75, 3.05) is 11.4 Å². The van der Waals surface area contributed by atoms with E-state index in [1.54, 1.807) is 6.33 Å². The Labute approximate surface area is 160 Å². The third kappa shape index (κ3) is 4.06. The Morgan fingerprint density at radius 3 is 2.48 bits per heavy atom. The molecule has 1 aliphatic rings. The van der Waals surface area contributed by atoms with Crippen molar-refractivity contribution < 1.29 is 0 Å². The van der Waals surface area contributed by atoms with Gasteiger partial charge in [0.25, 0.3) is 0 Å². The second kappa shape index (κ2) is 8.75. The van der Waals surface area contributed by atoms with Crippen molar-refractivity contribution >= 4 is 36.2 Å². The first-order valence-electron chi connectivity index (χ1n) is 8.00. The molecule has 0 saturated heterocycles. The second-order valence-corrected chi connectivity index (χ2v) is 5.75. The second-order valence-electron chi connectivity index (χ2n) is 5.75. The Hall–Kier alpha value is -2.23. The van der Waals surface area contributed by atoms with Gasteiger partial charge in [-0.3, -0.25) is 0 Å². The van der Waals surface area contributed by atoms with Crippen LogP contribution in [0.15, 0.2) is 73.2 Å². The lowest BCUT2D eigenvalue weighted by Gasteiger charge is -2.33. The molecule has 3 aromatic rings. The van der Waals surface area contributed by atoms with E-state index in [0.717, 1.165) is 25.1 Å². The summed E-state index contributed by atoms with van der Waals surface area (Å²) in [6.07, 6.45) is 7.96. The minimum Gasteiger partial charge on any atom is -0.351 e. The van der Waals surface area contributed by atoms with Gasteiger partial charge in [0.05, 0.1) is 12.0 Å². The van der Waals surface area contributed by atoms with Gasteiger partial charge < -0.3 is 9.88 Å². The summed E-state index contributed by atoms with van der Waals surface area (Å²) < 4.78 is 0. The van der Waals surface area contributed by atoms with E-state index in [4.69, 9.17) is 0 Å². The number of hydrogen-bond donors (Lipinski definition) is 1. The first-order valence-corrected chi connectivity index (χ1v) is 8.00. The van der Waals surface area contributed by atoms with Crippen LogP contribution in [0.3, 0.4) is 0 Å². The summed E-state index contributed by atoms with van der Waals surface area (Å²) in [7, 11) is 0. The van der Waals surface area contributed by atoms with Gasteiger partial charge in [0, 0.05) is 30.5 Å². The Balaban J connectivity index is 0.00000113. The summed E-state index contributed by atoms with van der Waals surface area (Å²) in [5, 5.41) is 0. The molecule has 0 saturated carbocycles. The van der Waals surface area contributed by atoms with E-state index < -0.39 is 0 Å². The van der Waals surface area contributed by atoms with Gasteiger partial charge in [0.15, 0.2) is 0 Å². The van der Waals surface area contributed by atoms with Crippen molar-refractivity contribution in [1.29, 1.82) is 0 Å². The summed E-state index contributed by atoms with van der Waals surface area (Å²) >= 11 is 0. The lowest BCUT2D eigenvalue weighted by atomic mass is 9.99. The number of rotatable bonds is 4. The molecule has 0 unspecified atom stereocenters. The van der Waals surface area contributed by atoms with Gasteiger partial charge >= 0.3 is 0 Å². The highest BCUT2D eigenvalue weighted by molar-refractivity contribution is 5.85. The first-order chi connectivity index (χ1) is 11.4. The van der Waals surface area contributed by atoms with E-state index >= 15 is 0 Å². The van der Waals surface area contributed by atoms with Crippen molar-refractivity contribution in [3.63, 3.8) is 0 Å². The van der Waals surface area contributed by atoms with E-state index in [2.05, 4.69) is 75.5 Å². The first kappa shape index (κ1) is 19.1. The van der Waals surface area contributed by atoms with Gasteiger partial charge in [-0.05, 0) is 23.6 Å². The molecule has 2 heterocycles. The van der Waals surface area contributed by atoms with Crippen LogP contribution in [-0.4, -0.2) is 16.5 Å². The van der Waals surface area contributed by atoms with Crippen LogP contribution in [0.25, 0.3) is 5.70 Å². The fourth-order valence-corrected chi connectivity index (χ4v) is 3.17. The molecule has 130 valence electrons. The van der Waals surface area contributed by atoms with E-state index in [1.807, 2.05) is 6.20 Å². The maximum Gasteiger partial charge on any atom is 0.0923 e. The van der Waals surface area contributed by atoms with E-state index in [1.165, 1.54) is 22.5 Å². The molecule has 0 amide bonds. The van der Waals surface area contributed by atoms with E-state index in [0.29, 0.717) is 0 Å². The highest BCUT2D eigenvalue weighted by atomic mass is 35.5. The predicted octanol–water partition coefficient (Wildman–Crippen LogP) is 4.90. The van der Waals surface area contributed by atoms with Crippen molar-refractivity contribution in [1.82, 2.24) is 9.97 Å². The topological polar surface area (TPSA) is 31.9 Å². The average Bonchev–Trinajstić information content (AvgIpc) is 3.14. The van der Waals surface area contributed by atoms with Crippen molar-refractivity contribution in [3.05, 3.63) is 90.0 Å². The zero-order valence-electron chi connectivity index (χ0n) is 13.8. The van der Waals surface area contributed by atoms with E-state index in [-0.39, 0.29) is 24.8 Å². The highest BCUT2D eigenvalue weighted by Crippen LogP contribution is 2.34. The van der Waals surface area contributed by atoms with Crippen molar-refractivity contribution in [2.45, 2.75) is 12.8 Å². The number of nitrogens with one attached hydrogen (secondary N) is 1. The molecule has 1 aromatic heterocycles. The zero-order valence-corrected chi connectivity index (χ0v) is 15.4. The predicted molar refractivity (Wildman–Crippen MR) is 109 cm³/mol. The number of nitrogens with zero attached hydrogens (tertiary/aromatic N) is 2. The van der Waals surface area contributed by atoms with Crippen LogP contribution in [0.1, 0.15) is 16.8 Å². The van der Waals surface area contributed by atoms with Gasteiger partial charge in [-0.15, -0.1) is 24.8 Å². The number of aromatic amines is 1. The van der Waals surface area contributed by atoms with Crippen LogP contribution in [0.5, 0.6) is 0 Å². The molecule has 0 spiro atoms. The number of halogens is 2. The number of fused-ring (bicyclic) bond motifs is 1. The van der Waals surface area contributed by atoms with Crippen LogP contribution < -0.4 is 4.90 Å². The van der Waals surface area contributed by atoms with Crippen LogP contribution in [0.2, 0.25) is 0 Å². The molecule has 4 rings (SSSR count). The molecule has 1 N–H and O–H groups in total. The SMILES string of the molecule is C1=C(c2ccccc2)N(CCc2c[nH]cn2)c2ccccc2C1.Cl.Cl. The van der Waals surface area contributed by atoms with Crippen molar-refractivity contribution in [2.24, 2.45) is 0 Å². The molecule has 3 nitrogen and oxygen atoms in total. The quantitative estimate of drug-likeness (QED) is 0.705. The maximum atomic E-state index is 4.35. The number of hydrogen-bond acceptors (Lipinski definition) is 2. The van der Waals surface area contributed by atoms with Gasteiger partial charge in [0.1, 0.15) is 0 Å². The standard InChI is InChI=1S/C20H19N3.2ClH/c1-2-6-16(7-3-1)20-11-10-17-8-4-5-9-19(17)23(20)13-12-18-14-21-15-22-18;;/h1-9,11,14-15H,10,12-13H2,(H,21,22);2*1H. The van der Waals surface area contributed by atoms with Crippen LogP contribution in [-0.2, 0) is 12.8 Å². The summed E-state index contributed by atoms with van der Waals surface area (Å²) in [6, 6.07) is 19.3. The molecule has 0 aliphatic carbocycles. The largest absolute Gasteiger partial charge is 0.351 e. The van der Waals surface area contributed by atoms with Gasteiger partial charge in [-0.25, -0.2) is 4.98 Å². The minimum atomic E-state index is 0. The van der Waals surface area contributed by atoms with Crippen LogP contribution in [0, 0.1) is 0 Å². The number of aromatic nitrogens is 2. The summed E-state index contributed by atoms with van der Waals surface area (Å²) in [6.45, 7) is 0.919. The molecule has 0 atom stereocenters. The van der Waals surface area contributed by atoms with Gasteiger partial charge in [-0.2, -0.15) is 0 Å². The fourth-order valence-electron chi connectivity index (χ4n) is 3.17. The molecular formula is C20H21Cl2N3. The summed E-state index contributed by atoms with van der Waals surface area (Å²) in [5.74, 6) is 0. The summed E-state index contributed by atoms with van der Waals surface area (Å²) in [5.41, 5.74) is 6.35. The maximum absolute atomic E-state index is 4.35. The highest BCUT2D eigenvalue weighted by Gasteiger charge is 2.20. The summed E-state index contributed by atoms with van der Waals surface area (Å²) in [4.78, 5) is 9.81.